The molecule has 3 aromatic rings. The molecule has 12 nitrogen and oxygen atoms in total. The molecule has 2 amide bonds. The molecule has 1 aliphatic heterocycles. The highest BCUT2D eigenvalue weighted by Gasteiger charge is 2.25. The fourth-order valence-corrected chi connectivity index (χ4v) is 5.02. The second-order valence-corrected chi connectivity index (χ2v) is 10.3. The van der Waals surface area contributed by atoms with Gasteiger partial charge in [-0.3, -0.25) is 18.1 Å². The number of nitrogens with one attached hydrogen (secondary N) is 2. The van der Waals surface area contributed by atoms with Crippen molar-refractivity contribution in [3.63, 3.8) is 0 Å². The molecule has 1 fully saturated rings. The van der Waals surface area contributed by atoms with E-state index in [1.165, 1.54) is 36.9 Å². The number of carbonyl (C=O) groups excluding carboxylic acids is 2. The maximum atomic E-state index is 12.9. The summed E-state index contributed by atoms with van der Waals surface area (Å²) < 4.78 is 32.1. The Morgan fingerprint density at radius 3 is 2.68 bits per heavy atom. The minimum absolute atomic E-state index is 0.0809. The van der Waals surface area contributed by atoms with Crippen LogP contribution in [0.3, 0.4) is 0 Å². The van der Waals surface area contributed by atoms with Crippen molar-refractivity contribution in [2.24, 2.45) is 0 Å². The molecule has 3 N–H and O–H groups in total. The number of pyridine rings is 1. The van der Waals surface area contributed by atoms with Crippen molar-refractivity contribution in [3.8, 4) is 11.4 Å². The summed E-state index contributed by atoms with van der Waals surface area (Å²) in [5.41, 5.74) is 1.42. The summed E-state index contributed by atoms with van der Waals surface area (Å²) in [6, 6.07) is 6.09. The first kappa shape index (κ1) is 26.9. The summed E-state index contributed by atoms with van der Waals surface area (Å²) in [5.74, 6) is -0.270. The van der Waals surface area contributed by atoms with Crippen LogP contribution < -0.4 is 15.5 Å². The van der Waals surface area contributed by atoms with Crippen LogP contribution in [0.2, 0.25) is 0 Å². The maximum absolute atomic E-state index is 12.9. The fraction of sp³-hybridized carbons (Fsp3) is 0.391. The average molecular weight is 549 g/mol. The van der Waals surface area contributed by atoms with E-state index in [-0.39, 0.29) is 24.4 Å². The highest BCUT2D eigenvalue weighted by molar-refractivity contribution is 7.77. The first-order valence-corrected chi connectivity index (χ1v) is 13.4. The molecular weight excluding hydrogens is 520 g/mol. The molecule has 0 saturated carbocycles. The van der Waals surface area contributed by atoms with Crippen LogP contribution in [0.5, 0.6) is 0 Å². The van der Waals surface area contributed by atoms with E-state index in [1.54, 1.807) is 5.38 Å². The molecule has 0 radical (unpaired) electrons. The topological polar surface area (TPSA) is 148 Å². The minimum Gasteiger partial charge on any atom is -0.382 e. The third-order valence-corrected chi connectivity index (χ3v) is 6.89. The summed E-state index contributed by atoms with van der Waals surface area (Å²) in [6.07, 6.45) is 2.71. The van der Waals surface area contributed by atoms with E-state index in [0.717, 1.165) is 22.9 Å². The van der Waals surface area contributed by atoms with Gasteiger partial charge in [0.25, 0.3) is 23.1 Å². The Balaban J connectivity index is 1.42. The van der Waals surface area contributed by atoms with Crippen LogP contribution in [-0.2, 0) is 25.5 Å². The lowest BCUT2D eigenvalue weighted by Crippen LogP contribution is -2.46. The van der Waals surface area contributed by atoms with E-state index in [1.807, 2.05) is 32.0 Å². The van der Waals surface area contributed by atoms with Gasteiger partial charge < -0.3 is 25.0 Å². The van der Waals surface area contributed by atoms with E-state index in [9.17, 15) is 13.8 Å². The molecule has 198 valence electrons. The number of anilines is 2. The van der Waals surface area contributed by atoms with Gasteiger partial charge >= 0.3 is 0 Å². The number of rotatable bonds is 9. The van der Waals surface area contributed by atoms with Gasteiger partial charge in [-0.2, -0.15) is 0 Å². The lowest BCUT2D eigenvalue weighted by atomic mass is 10.2. The van der Waals surface area contributed by atoms with E-state index in [2.05, 4.69) is 20.5 Å². The van der Waals surface area contributed by atoms with Crippen LogP contribution >= 0.6 is 11.3 Å². The van der Waals surface area contributed by atoms with Crippen molar-refractivity contribution in [1.82, 2.24) is 19.3 Å². The Kier molecular flexibility index (Phi) is 8.66. The van der Waals surface area contributed by atoms with Crippen LogP contribution in [0.1, 0.15) is 24.2 Å². The second kappa shape index (κ2) is 11.9. The third kappa shape index (κ3) is 6.78. The van der Waals surface area contributed by atoms with Gasteiger partial charge in [0, 0.05) is 38.0 Å². The summed E-state index contributed by atoms with van der Waals surface area (Å²) >= 11 is -1.05. The predicted octanol–water partition coefficient (Wildman–Crippen LogP) is 1.99. The number of morpholine rings is 1. The molecular formula is C23H28N6O6S2. The predicted molar refractivity (Wildman–Crippen MR) is 140 cm³/mol. The monoisotopic (exact) mass is 548 g/mol. The molecule has 1 aliphatic rings. The molecule has 4 heterocycles. The summed E-state index contributed by atoms with van der Waals surface area (Å²) in [4.78, 5) is 36.9. The van der Waals surface area contributed by atoms with Gasteiger partial charge in [-0.25, -0.2) is 14.2 Å². The Labute approximate surface area is 220 Å². The lowest BCUT2D eigenvalue weighted by Gasteiger charge is -2.36. The average Bonchev–Trinajstić information content (AvgIpc) is 3.54. The molecule has 1 saturated heterocycles. The zero-order chi connectivity index (χ0) is 26.5. The summed E-state index contributed by atoms with van der Waals surface area (Å²) in [6.45, 7) is 5.48. The Morgan fingerprint density at radius 2 is 2.00 bits per heavy atom. The van der Waals surface area contributed by atoms with Crippen molar-refractivity contribution in [1.29, 1.82) is 0 Å². The van der Waals surface area contributed by atoms with Crippen molar-refractivity contribution in [3.05, 3.63) is 47.6 Å². The SMILES string of the molecule is COCC(NC(=O)c1ccn(S(=O)O)c1)C(=O)Nc1nc(-c2cccc(N3CC(C)OC(C)C3)n2)cs1. The zero-order valence-electron chi connectivity index (χ0n) is 20.5. The van der Waals surface area contributed by atoms with Crippen molar-refractivity contribution in [2.45, 2.75) is 32.1 Å². The highest BCUT2D eigenvalue weighted by Crippen LogP contribution is 2.26. The molecule has 14 heteroatoms. The molecule has 37 heavy (non-hydrogen) atoms. The Morgan fingerprint density at radius 1 is 1.24 bits per heavy atom. The van der Waals surface area contributed by atoms with Crippen LogP contribution in [0.25, 0.3) is 11.4 Å². The summed E-state index contributed by atoms with van der Waals surface area (Å²) in [7, 11) is 1.41. The molecule has 0 aliphatic carbocycles. The normalized spacial score (nSPS) is 19.3. The smallest absolute Gasteiger partial charge is 0.265 e. The fourth-order valence-electron chi connectivity index (χ4n) is 3.95. The van der Waals surface area contributed by atoms with Gasteiger partial charge in [-0.1, -0.05) is 6.07 Å². The lowest BCUT2D eigenvalue weighted by molar-refractivity contribution is -0.119. The molecule has 4 atom stereocenters. The standard InChI is InChI=1S/C23H28N6O6S2/c1-14-9-28(10-15(2)35-14)20-6-4-5-17(24-20)19-13-36-23(26-19)27-22(31)18(12-34-3)25-21(30)16-7-8-29(11-16)37(32)33/h4-8,11,13-15,18H,9-10,12H2,1-3H3,(H,25,30)(H,32,33)(H,26,27,31). The number of hydrogen-bond acceptors (Lipinski definition) is 9. The Hall–Kier alpha value is -3.17. The third-order valence-electron chi connectivity index (χ3n) is 5.54. The van der Waals surface area contributed by atoms with Gasteiger partial charge in [-0.05, 0) is 32.0 Å². The highest BCUT2D eigenvalue weighted by atomic mass is 32.2. The van der Waals surface area contributed by atoms with Crippen molar-refractivity contribution >= 4 is 45.4 Å². The first-order valence-electron chi connectivity index (χ1n) is 11.5. The van der Waals surface area contributed by atoms with Gasteiger partial charge in [0.1, 0.15) is 17.6 Å². The zero-order valence-corrected chi connectivity index (χ0v) is 22.1. The number of nitrogens with zero attached hydrogens (tertiary/aromatic N) is 4. The Bertz CT molecular complexity index is 1270. The van der Waals surface area contributed by atoms with Crippen LogP contribution in [0.4, 0.5) is 10.9 Å². The van der Waals surface area contributed by atoms with Gasteiger partial charge in [0.05, 0.1) is 30.1 Å². The van der Waals surface area contributed by atoms with Crippen LogP contribution in [0, 0.1) is 0 Å². The largest absolute Gasteiger partial charge is 0.382 e. The molecule has 0 aromatic carbocycles. The molecule has 0 spiro atoms. The quantitative estimate of drug-likeness (QED) is 0.341. The molecule has 4 unspecified atom stereocenters. The number of aromatic nitrogens is 3. The number of amides is 2. The molecule has 0 bridgehead atoms. The summed E-state index contributed by atoms with van der Waals surface area (Å²) in [5, 5.41) is 7.43. The number of thiazole rings is 1. The minimum atomic E-state index is -2.28. The van der Waals surface area contributed by atoms with Crippen molar-refractivity contribution in [2.75, 3.05) is 37.0 Å². The van der Waals surface area contributed by atoms with Gasteiger partial charge in [-0.15, -0.1) is 11.3 Å². The van der Waals surface area contributed by atoms with Crippen LogP contribution in [0.15, 0.2) is 42.0 Å². The number of methoxy groups -OCH3 is 1. The van der Waals surface area contributed by atoms with E-state index in [0.29, 0.717) is 16.5 Å². The van der Waals surface area contributed by atoms with Crippen LogP contribution in [-0.4, -0.2) is 79.6 Å². The molecule has 3 aromatic heterocycles. The van der Waals surface area contributed by atoms with E-state index in [4.69, 9.17) is 19.0 Å². The van der Waals surface area contributed by atoms with E-state index >= 15 is 0 Å². The van der Waals surface area contributed by atoms with E-state index < -0.39 is 29.1 Å². The van der Waals surface area contributed by atoms with Gasteiger partial charge in [0.15, 0.2) is 5.13 Å². The van der Waals surface area contributed by atoms with Gasteiger partial charge in [0.2, 0.25) is 0 Å². The second-order valence-electron chi connectivity index (χ2n) is 8.54. The first-order chi connectivity index (χ1) is 17.7. The van der Waals surface area contributed by atoms with Crippen molar-refractivity contribution < 1.29 is 27.8 Å². The maximum Gasteiger partial charge on any atom is 0.265 e. The molecule has 4 rings (SSSR count). The number of hydrogen-bond donors (Lipinski definition) is 3. The number of carbonyl (C=O) groups is 2. The number of ether oxygens (including phenoxy) is 2.